The molecule has 0 spiro atoms. The number of carbonyl (C=O) groups excluding carboxylic acids is 2. The molecule has 110 valence electrons. The standard InChI is InChI=1S/C15H16N2O2S2/c1-8-4-5-9-11(7-8)21-15(12(9)13(16)18)17-14(19)10-3-2-6-20-10/h2-3,6,8H,4-5,7H2,1H3,(H2,16,18)(H,17,19). The molecule has 0 bridgehead atoms. The fraction of sp³-hybridized carbons (Fsp3) is 0.333. The van der Waals surface area contributed by atoms with E-state index in [0.717, 1.165) is 24.8 Å². The zero-order valence-corrected chi connectivity index (χ0v) is 13.3. The van der Waals surface area contributed by atoms with Crippen molar-refractivity contribution in [3.8, 4) is 0 Å². The molecule has 6 heteroatoms. The van der Waals surface area contributed by atoms with Gasteiger partial charge < -0.3 is 11.1 Å². The van der Waals surface area contributed by atoms with Gasteiger partial charge in [-0.1, -0.05) is 13.0 Å². The van der Waals surface area contributed by atoms with E-state index in [-0.39, 0.29) is 5.91 Å². The van der Waals surface area contributed by atoms with Crippen LogP contribution in [0.15, 0.2) is 17.5 Å². The van der Waals surface area contributed by atoms with E-state index < -0.39 is 5.91 Å². The Morgan fingerprint density at radius 2 is 2.24 bits per heavy atom. The molecule has 0 saturated heterocycles. The molecular weight excluding hydrogens is 304 g/mol. The number of carbonyl (C=O) groups is 2. The van der Waals surface area contributed by atoms with Crippen LogP contribution in [0.2, 0.25) is 0 Å². The Hall–Kier alpha value is -1.66. The fourth-order valence-electron chi connectivity index (χ4n) is 2.67. The Bertz CT molecular complexity index is 689. The highest BCUT2D eigenvalue weighted by Crippen LogP contribution is 2.39. The van der Waals surface area contributed by atoms with E-state index in [0.29, 0.717) is 21.4 Å². The second-order valence-electron chi connectivity index (χ2n) is 5.35. The number of hydrogen-bond donors (Lipinski definition) is 2. The molecule has 2 heterocycles. The topological polar surface area (TPSA) is 72.2 Å². The van der Waals surface area contributed by atoms with E-state index in [9.17, 15) is 9.59 Å². The first kappa shape index (κ1) is 14.3. The van der Waals surface area contributed by atoms with Crippen LogP contribution in [0.5, 0.6) is 0 Å². The summed E-state index contributed by atoms with van der Waals surface area (Å²) in [7, 11) is 0. The van der Waals surface area contributed by atoms with Crippen LogP contribution in [0.3, 0.4) is 0 Å². The van der Waals surface area contributed by atoms with Crippen molar-refractivity contribution < 1.29 is 9.59 Å². The minimum absolute atomic E-state index is 0.181. The second-order valence-corrected chi connectivity index (χ2v) is 7.40. The molecule has 0 aromatic carbocycles. The Labute approximate surface area is 131 Å². The van der Waals surface area contributed by atoms with Gasteiger partial charge in [0.05, 0.1) is 10.4 Å². The lowest BCUT2D eigenvalue weighted by atomic mass is 9.88. The molecule has 1 aliphatic rings. The quantitative estimate of drug-likeness (QED) is 0.911. The first-order chi connectivity index (χ1) is 10.1. The average molecular weight is 320 g/mol. The fourth-order valence-corrected chi connectivity index (χ4v) is 4.70. The summed E-state index contributed by atoms with van der Waals surface area (Å²) >= 11 is 2.87. The summed E-state index contributed by atoms with van der Waals surface area (Å²) in [6.07, 6.45) is 2.87. The summed E-state index contributed by atoms with van der Waals surface area (Å²) in [5.74, 6) is -0.0274. The Morgan fingerprint density at radius 1 is 1.43 bits per heavy atom. The molecule has 21 heavy (non-hydrogen) atoms. The number of amides is 2. The van der Waals surface area contributed by atoms with Crippen molar-refractivity contribution in [3.63, 3.8) is 0 Å². The first-order valence-corrected chi connectivity index (χ1v) is 8.55. The highest BCUT2D eigenvalue weighted by molar-refractivity contribution is 7.17. The lowest BCUT2D eigenvalue weighted by Crippen LogP contribution is -2.19. The molecule has 0 radical (unpaired) electrons. The lowest BCUT2D eigenvalue weighted by Gasteiger charge is -2.18. The van der Waals surface area contributed by atoms with Crippen LogP contribution in [0.4, 0.5) is 5.00 Å². The number of nitrogens with one attached hydrogen (secondary N) is 1. The van der Waals surface area contributed by atoms with Gasteiger partial charge in [0.1, 0.15) is 5.00 Å². The monoisotopic (exact) mass is 320 g/mol. The molecule has 3 N–H and O–H groups in total. The summed E-state index contributed by atoms with van der Waals surface area (Å²) in [5, 5.41) is 5.30. The van der Waals surface area contributed by atoms with Crippen LogP contribution in [-0.2, 0) is 12.8 Å². The van der Waals surface area contributed by atoms with Gasteiger partial charge in [-0.25, -0.2) is 0 Å². The summed E-state index contributed by atoms with van der Waals surface area (Å²) in [5.41, 5.74) is 7.07. The van der Waals surface area contributed by atoms with Crippen LogP contribution in [0, 0.1) is 5.92 Å². The SMILES string of the molecule is CC1CCc2c(sc(NC(=O)c3cccs3)c2C(N)=O)C1. The van der Waals surface area contributed by atoms with Crippen LogP contribution in [0.1, 0.15) is 43.8 Å². The molecule has 4 nitrogen and oxygen atoms in total. The molecule has 2 aromatic rings. The number of thiophene rings is 2. The minimum atomic E-state index is -0.455. The van der Waals surface area contributed by atoms with Gasteiger partial charge in [0.2, 0.25) is 0 Å². The molecule has 0 saturated carbocycles. The van der Waals surface area contributed by atoms with Crippen molar-refractivity contribution in [2.45, 2.75) is 26.2 Å². The highest BCUT2D eigenvalue weighted by atomic mass is 32.1. The van der Waals surface area contributed by atoms with Crippen molar-refractivity contribution in [3.05, 3.63) is 38.4 Å². The largest absolute Gasteiger partial charge is 0.365 e. The van der Waals surface area contributed by atoms with Crippen molar-refractivity contribution in [1.29, 1.82) is 0 Å². The van der Waals surface area contributed by atoms with E-state index in [1.165, 1.54) is 27.6 Å². The van der Waals surface area contributed by atoms with Gasteiger partial charge in [0, 0.05) is 4.88 Å². The molecule has 1 atom stereocenters. The van der Waals surface area contributed by atoms with Crippen LogP contribution in [-0.4, -0.2) is 11.8 Å². The molecule has 3 rings (SSSR count). The maximum Gasteiger partial charge on any atom is 0.266 e. The van der Waals surface area contributed by atoms with Crippen LogP contribution >= 0.6 is 22.7 Å². The van der Waals surface area contributed by atoms with Crippen molar-refractivity contribution in [1.82, 2.24) is 0 Å². The molecule has 2 amide bonds. The summed E-state index contributed by atoms with van der Waals surface area (Å²) < 4.78 is 0. The van der Waals surface area contributed by atoms with E-state index >= 15 is 0 Å². The molecule has 0 aliphatic heterocycles. The normalized spacial score (nSPS) is 17.3. The number of primary amides is 1. The maximum absolute atomic E-state index is 12.2. The summed E-state index contributed by atoms with van der Waals surface area (Å²) in [6.45, 7) is 2.20. The number of rotatable bonds is 3. The predicted octanol–water partition coefficient (Wildman–Crippen LogP) is 3.29. The predicted molar refractivity (Wildman–Crippen MR) is 86.3 cm³/mol. The van der Waals surface area contributed by atoms with E-state index in [1.54, 1.807) is 6.07 Å². The average Bonchev–Trinajstić information content (AvgIpc) is 3.04. The third kappa shape index (κ3) is 2.73. The molecule has 2 aromatic heterocycles. The minimum Gasteiger partial charge on any atom is -0.365 e. The van der Waals surface area contributed by atoms with E-state index in [4.69, 9.17) is 5.73 Å². The van der Waals surface area contributed by atoms with Crippen molar-refractivity contribution in [2.24, 2.45) is 11.7 Å². The van der Waals surface area contributed by atoms with Gasteiger partial charge in [0.25, 0.3) is 11.8 Å². The summed E-state index contributed by atoms with van der Waals surface area (Å²) in [4.78, 5) is 25.8. The number of hydrogen-bond acceptors (Lipinski definition) is 4. The molecule has 1 unspecified atom stereocenters. The van der Waals surface area contributed by atoms with Gasteiger partial charge in [-0.05, 0) is 42.2 Å². The van der Waals surface area contributed by atoms with Gasteiger partial charge in [0.15, 0.2) is 0 Å². The van der Waals surface area contributed by atoms with Crippen LogP contribution < -0.4 is 11.1 Å². The van der Waals surface area contributed by atoms with Crippen molar-refractivity contribution >= 4 is 39.5 Å². The highest BCUT2D eigenvalue weighted by Gasteiger charge is 2.27. The Balaban J connectivity index is 1.95. The van der Waals surface area contributed by atoms with Gasteiger partial charge in [-0.2, -0.15) is 0 Å². The lowest BCUT2D eigenvalue weighted by molar-refractivity contribution is 0.1000. The second kappa shape index (κ2) is 5.61. The zero-order valence-electron chi connectivity index (χ0n) is 11.6. The Morgan fingerprint density at radius 3 is 2.90 bits per heavy atom. The van der Waals surface area contributed by atoms with Crippen molar-refractivity contribution in [2.75, 3.05) is 5.32 Å². The van der Waals surface area contributed by atoms with E-state index in [1.807, 2.05) is 11.4 Å². The third-order valence-corrected chi connectivity index (χ3v) is 5.77. The molecular formula is C15H16N2O2S2. The molecule has 0 fully saturated rings. The van der Waals surface area contributed by atoms with Gasteiger partial charge in [-0.15, -0.1) is 22.7 Å². The first-order valence-electron chi connectivity index (χ1n) is 6.85. The van der Waals surface area contributed by atoms with Crippen LogP contribution in [0.25, 0.3) is 0 Å². The molecule has 1 aliphatic carbocycles. The number of fused-ring (bicyclic) bond motifs is 1. The summed E-state index contributed by atoms with van der Waals surface area (Å²) in [6, 6.07) is 3.59. The maximum atomic E-state index is 12.2. The smallest absolute Gasteiger partial charge is 0.266 e. The van der Waals surface area contributed by atoms with Gasteiger partial charge >= 0.3 is 0 Å². The number of nitrogens with two attached hydrogens (primary N) is 1. The number of anilines is 1. The zero-order chi connectivity index (χ0) is 15.0. The third-order valence-electron chi connectivity index (χ3n) is 3.73. The van der Waals surface area contributed by atoms with Gasteiger partial charge in [-0.3, -0.25) is 9.59 Å². The van der Waals surface area contributed by atoms with E-state index in [2.05, 4.69) is 12.2 Å². The Kier molecular flexibility index (Phi) is 3.82.